The van der Waals surface area contributed by atoms with Crippen molar-refractivity contribution in [1.29, 1.82) is 0 Å². The summed E-state index contributed by atoms with van der Waals surface area (Å²) in [5.41, 5.74) is 1.98. The molecule has 0 spiro atoms. The maximum Gasteiger partial charge on any atom is 0.321 e. The summed E-state index contributed by atoms with van der Waals surface area (Å²) in [6, 6.07) is 8.01. The average molecular weight is 230 g/mol. The molecule has 1 rings (SSSR count). The zero-order valence-electron chi connectivity index (χ0n) is 7.62. The van der Waals surface area contributed by atoms with Gasteiger partial charge in [0.15, 0.2) is 0 Å². The van der Waals surface area contributed by atoms with E-state index in [1.54, 1.807) is 30.3 Å². The Bertz CT molecular complexity index is 443. The van der Waals surface area contributed by atoms with Crippen LogP contribution in [-0.4, -0.2) is 14.4 Å². The van der Waals surface area contributed by atoms with Gasteiger partial charge in [-0.1, -0.05) is 22.6 Å². The largest absolute Gasteiger partial charge is 0.424 e. The molecule has 0 atom stereocenters. The second-order valence-corrected chi connectivity index (χ2v) is 3.68. The van der Waals surface area contributed by atoms with Crippen molar-refractivity contribution in [1.82, 2.24) is 5.43 Å². The van der Waals surface area contributed by atoms with Crippen LogP contribution >= 0.6 is 0 Å². The van der Waals surface area contributed by atoms with Gasteiger partial charge in [-0.2, -0.15) is 8.42 Å². The highest BCUT2D eigenvalue weighted by Crippen LogP contribution is 2.08. The summed E-state index contributed by atoms with van der Waals surface area (Å²) in [6.07, 6.45) is 0. The molecule has 0 unspecified atom stereocenters. The SMILES string of the molecule is NN/C(=N\S(N)(=O)=O)Oc1ccccc1. The summed E-state index contributed by atoms with van der Waals surface area (Å²) in [6.45, 7) is 0. The van der Waals surface area contributed by atoms with Crippen LogP contribution in [0.25, 0.3) is 0 Å². The van der Waals surface area contributed by atoms with Crippen LogP contribution < -0.4 is 21.1 Å². The predicted molar refractivity (Wildman–Crippen MR) is 54.9 cm³/mol. The predicted octanol–water partition coefficient (Wildman–Crippen LogP) is -0.912. The van der Waals surface area contributed by atoms with E-state index in [2.05, 4.69) is 9.54 Å². The fourth-order valence-corrected chi connectivity index (χ4v) is 1.11. The minimum absolute atomic E-state index is 0.387. The Balaban J connectivity index is 2.84. The fraction of sp³-hybridized carbons (Fsp3) is 0. The third-order valence-electron chi connectivity index (χ3n) is 1.29. The molecule has 0 aliphatic rings. The average Bonchev–Trinajstić information content (AvgIpc) is 2.16. The molecule has 0 bridgehead atoms. The molecule has 5 N–H and O–H groups in total. The van der Waals surface area contributed by atoms with Gasteiger partial charge < -0.3 is 4.74 Å². The molecule has 1 aromatic rings. The van der Waals surface area contributed by atoms with Crippen LogP contribution in [0.5, 0.6) is 5.75 Å². The molecular weight excluding hydrogens is 220 g/mol. The minimum atomic E-state index is -4.04. The van der Waals surface area contributed by atoms with Crippen molar-refractivity contribution in [2.24, 2.45) is 15.4 Å². The first-order valence-electron chi connectivity index (χ1n) is 3.83. The van der Waals surface area contributed by atoms with Gasteiger partial charge in [0.05, 0.1) is 0 Å². The summed E-state index contributed by atoms with van der Waals surface area (Å²) in [4.78, 5) is 0. The Morgan fingerprint density at radius 1 is 1.33 bits per heavy atom. The molecule has 0 fully saturated rings. The fourth-order valence-electron chi connectivity index (χ4n) is 0.790. The first-order valence-corrected chi connectivity index (χ1v) is 5.34. The third kappa shape index (κ3) is 4.40. The van der Waals surface area contributed by atoms with E-state index in [4.69, 9.17) is 10.6 Å². The van der Waals surface area contributed by atoms with E-state index >= 15 is 0 Å². The van der Waals surface area contributed by atoms with Gasteiger partial charge in [0.25, 0.3) is 0 Å². The van der Waals surface area contributed by atoms with E-state index in [9.17, 15) is 8.42 Å². The molecule has 7 nitrogen and oxygen atoms in total. The van der Waals surface area contributed by atoms with Crippen molar-refractivity contribution in [3.05, 3.63) is 30.3 Å². The number of nitrogens with zero attached hydrogens (tertiary/aromatic N) is 1. The summed E-state index contributed by atoms with van der Waals surface area (Å²) < 4.78 is 29.2. The zero-order chi connectivity index (χ0) is 11.3. The number of ether oxygens (including phenoxy) is 1. The molecule has 15 heavy (non-hydrogen) atoms. The lowest BCUT2D eigenvalue weighted by atomic mass is 10.3. The first kappa shape index (κ1) is 11.4. The Morgan fingerprint density at radius 2 is 1.93 bits per heavy atom. The van der Waals surface area contributed by atoms with Crippen LogP contribution in [0.2, 0.25) is 0 Å². The maximum atomic E-state index is 10.6. The molecule has 82 valence electrons. The van der Waals surface area contributed by atoms with Crippen LogP contribution in [0.3, 0.4) is 0 Å². The summed E-state index contributed by atoms with van der Waals surface area (Å²) >= 11 is 0. The molecule has 0 amide bonds. The Hall–Kier alpha value is -1.64. The highest BCUT2D eigenvalue weighted by atomic mass is 32.2. The van der Waals surface area contributed by atoms with E-state index in [-0.39, 0.29) is 0 Å². The van der Waals surface area contributed by atoms with Crippen LogP contribution in [0, 0.1) is 0 Å². The van der Waals surface area contributed by atoms with Gasteiger partial charge in [0.1, 0.15) is 5.75 Å². The molecule has 0 saturated heterocycles. The van der Waals surface area contributed by atoms with Crippen molar-refractivity contribution < 1.29 is 13.2 Å². The minimum Gasteiger partial charge on any atom is -0.424 e. The zero-order valence-corrected chi connectivity index (χ0v) is 8.44. The number of amidine groups is 1. The normalized spacial score (nSPS) is 12.3. The molecule has 0 aliphatic carbocycles. The Labute approximate surface area is 86.9 Å². The molecule has 0 aromatic heterocycles. The second kappa shape index (κ2) is 4.73. The monoisotopic (exact) mass is 230 g/mol. The van der Waals surface area contributed by atoms with Gasteiger partial charge in [0, 0.05) is 0 Å². The summed E-state index contributed by atoms with van der Waals surface area (Å²) in [5.74, 6) is 5.39. The first-order chi connectivity index (χ1) is 7.01. The molecule has 1 aromatic carbocycles. The van der Waals surface area contributed by atoms with Crippen molar-refractivity contribution in [3.8, 4) is 5.75 Å². The van der Waals surface area contributed by atoms with E-state index in [1.165, 1.54) is 0 Å². The number of hydrogen-bond acceptors (Lipinski definition) is 4. The lowest BCUT2D eigenvalue weighted by Crippen LogP contribution is -2.36. The van der Waals surface area contributed by atoms with Crippen molar-refractivity contribution in [3.63, 3.8) is 0 Å². The van der Waals surface area contributed by atoms with Crippen LogP contribution in [0.1, 0.15) is 0 Å². The highest BCUT2D eigenvalue weighted by Gasteiger charge is 2.05. The highest BCUT2D eigenvalue weighted by molar-refractivity contribution is 7.88. The number of rotatable bonds is 2. The van der Waals surface area contributed by atoms with E-state index in [0.29, 0.717) is 5.75 Å². The van der Waals surface area contributed by atoms with Crippen molar-refractivity contribution in [2.75, 3.05) is 0 Å². The van der Waals surface area contributed by atoms with E-state index in [0.717, 1.165) is 0 Å². The maximum absolute atomic E-state index is 10.6. The van der Waals surface area contributed by atoms with Crippen molar-refractivity contribution >= 4 is 16.2 Å². The number of benzene rings is 1. The topological polar surface area (TPSA) is 120 Å². The molecular formula is C7H10N4O3S. The number of nitrogens with one attached hydrogen (secondary N) is 1. The summed E-state index contributed by atoms with van der Waals surface area (Å²) in [5, 5.41) is 4.67. The molecule has 0 radical (unpaired) electrons. The van der Waals surface area contributed by atoms with Gasteiger partial charge in [0.2, 0.25) is 0 Å². The Kier molecular flexibility index (Phi) is 3.61. The molecule has 0 heterocycles. The number of para-hydroxylation sites is 1. The second-order valence-electron chi connectivity index (χ2n) is 2.47. The van der Waals surface area contributed by atoms with Gasteiger partial charge in [-0.25, -0.2) is 11.0 Å². The van der Waals surface area contributed by atoms with Crippen molar-refractivity contribution in [2.45, 2.75) is 0 Å². The number of nitrogens with two attached hydrogens (primary N) is 2. The molecule has 8 heteroatoms. The quantitative estimate of drug-likeness (QED) is 0.263. The van der Waals surface area contributed by atoms with E-state index < -0.39 is 16.2 Å². The van der Waals surface area contributed by atoms with Crippen LogP contribution in [-0.2, 0) is 10.2 Å². The standard InChI is InChI=1S/C7H10N4O3S/c8-10-7(11-15(9,12)13)14-6-4-2-1-3-5-6/h1-5H,8H2,(H,10,11)(H2,9,12,13). The molecule has 0 saturated carbocycles. The van der Waals surface area contributed by atoms with E-state index in [1.807, 2.05) is 5.43 Å². The number of hydrogen-bond donors (Lipinski definition) is 3. The third-order valence-corrected chi connectivity index (χ3v) is 1.71. The van der Waals surface area contributed by atoms with Crippen LogP contribution in [0.4, 0.5) is 0 Å². The smallest absolute Gasteiger partial charge is 0.321 e. The van der Waals surface area contributed by atoms with Gasteiger partial charge in [-0.15, -0.1) is 0 Å². The van der Waals surface area contributed by atoms with Gasteiger partial charge in [-0.05, 0) is 12.1 Å². The van der Waals surface area contributed by atoms with Gasteiger partial charge in [-0.3, -0.25) is 5.43 Å². The van der Waals surface area contributed by atoms with Crippen LogP contribution in [0.15, 0.2) is 34.7 Å². The number of hydrazine groups is 1. The lowest BCUT2D eigenvalue weighted by Gasteiger charge is -2.06. The Morgan fingerprint density at radius 3 is 2.40 bits per heavy atom. The van der Waals surface area contributed by atoms with Gasteiger partial charge >= 0.3 is 16.2 Å². The lowest BCUT2D eigenvalue weighted by molar-refractivity contribution is 0.518. The molecule has 0 aliphatic heterocycles. The summed E-state index contributed by atoms with van der Waals surface area (Å²) in [7, 11) is -4.04.